The van der Waals surface area contributed by atoms with Gasteiger partial charge in [0.2, 0.25) is 24.0 Å². The minimum Gasteiger partial charge on any atom is -0.479 e. The van der Waals surface area contributed by atoms with Crippen LogP contribution in [0.1, 0.15) is 63.4 Å². The Hall–Kier alpha value is -7.77. The van der Waals surface area contributed by atoms with Gasteiger partial charge >= 0.3 is 5.97 Å². The second-order valence-corrected chi connectivity index (χ2v) is 19.4. The monoisotopic (exact) mass is 1100 g/mol. The largest absolute Gasteiger partial charge is 0.479 e. The molecular formula is C57H67N8O15+. The van der Waals surface area contributed by atoms with Crippen molar-refractivity contribution in [1.82, 2.24) is 25.2 Å². The number of benzene rings is 3. The number of aromatic nitrogens is 4. The maximum atomic E-state index is 13.3. The molecule has 0 saturated carbocycles. The number of likely N-dealkylation sites (tertiary alicyclic amines) is 1. The van der Waals surface area contributed by atoms with Crippen molar-refractivity contribution in [2.45, 2.75) is 102 Å². The van der Waals surface area contributed by atoms with Gasteiger partial charge in [0.05, 0.1) is 63.6 Å². The predicted octanol–water partition coefficient (Wildman–Crippen LogP) is 3.15. The zero-order valence-corrected chi connectivity index (χ0v) is 44.2. The van der Waals surface area contributed by atoms with E-state index in [1.807, 2.05) is 89.9 Å². The summed E-state index contributed by atoms with van der Waals surface area (Å²) in [6.45, 7) is 2.47. The number of rotatable bonds is 32. The molecule has 5 atom stereocenters. The van der Waals surface area contributed by atoms with Crippen LogP contribution in [0.25, 0.3) is 22.4 Å². The number of piperidine rings is 1. The number of pyridine rings is 1. The minimum absolute atomic E-state index is 0.00363. The first kappa shape index (κ1) is 58.4. The van der Waals surface area contributed by atoms with E-state index in [1.165, 1.54) is 11.0 Å². The lowest BCUT2D eigenvalue weighted by Gasteiger charge is -2.38. The average Bonchev–Trinajstić information content (AvgIpc) is 4.09. The number of ether oxygens (including phenoxy) is 5. The van der Waals surface area contributed by atoms with Crippen LogP contribution in [-0.2, 0) is 60.8 Å². The van der Waals surface area contributed by atoms with Gasteiger partial charge in [-0.15, -0.1) is 5.10 Å². The van der Waals surface area contributed by atoms with Gasteiger partial charge in [0.25, 0.3) is 11.8 Å². The van der Waals surface area contributed by atoms with Crippen molar-refractivity contribution < 1.29 is 77.4 Å². The van der Waals surface area contributed by atoms with Crippen LogP contribution in [0.15, 0.2) is 115 Å². The highest BCUT2D eigenvalue weighted by molar-refractivity contribution is 6.25. The molecule has 1 fully saturated rings. The Morgan fingerprint density at radius 3 is 2.12 bits per heavy atom. The first-order chi connectivity index (χ1) is 38.8. The van der Waals surface area contributed by atoms with Crippen LogP contribution in [0.4, 0.5) is 11.4 Å². The Balaban J connectivity index is 0.762. The zero-order chi connectivity index (χ0) is 56.4. The van der Waals surface area contributed by atoms with Crippen LogP contribution in [0.3, 0.4) is 0 Å². The van der Waals surface area contributed by atoms with E-state index in [2.05, 4.69) is 26.3 Å². The smallest absolute Gasteiger partial charge is 0.335 e. The Morgan fingerprint density at radius 2 is 1.35 bits per heavy atom. The normalized spacial score (nSPS) is 18.5. The number of amides is 5. The number of nitrogens with zero attached hydrogens (tertiary/aromatic N) is 5. The molecule has 0 bridgehead atoms. The molecule has 80 heavy (non-hydrogen) atoms. The van der Waals surface area contributed by atoms with Crippen molar-refractivity contribution in [2.24, 2.45) is 0 Å². The van der Waals surface area contributed by atoms with Gasteiger partial charge in [-0.2, -0.15) is 0 Å². The van der Waals surface area contributed by atoms with Crippen molar-refractivity contribution in [1.29, 1.82) is 0 Å². The van der Waals surface area contributed by atoms with E-state index < -0.39 is 42.6 Å². The third-order valence-electron chi connectivity index (χ3n) is 13.5. The van der Waals surface area contributed by atoms with Crippen molar-refractivity contribution in [3.8, 4) is 28.1 Å². The zero-order valence-electron chi connectivity index (χ0n) is 44.2. The van der Waals surface area contributed by atoms with Gasteiger partial charge in [-0.3, -0.25) is 33.6 Å². The lowest BCUT2D eigenvalue weighted by Crippen LogP contribution is -2.61. The summed E-state index contributed by atoms with van der Waals surface area (Å²) >= 11 is 0. The molecule has 0 radical (unpaired) electrons. The molecule has 0 unspecified atom stereocenters. The number of unbranched alkanes of at least 4 members (excludes halogenated alkanes) is 4. The third kappa shape index (κ3) is 16.4. The number of para-hydroxylation sites is 1. The van der Waals surface area contributed by atoms with Gasteiger partial charge in [0.1, 0.15) is 29.8 Å². The lowest BCUT2D eigenvalue weighted by molar-refractivity contribution is -0.687. The number of hydrogen-bond acceptors (Lipinski definition) is 16. The number of aryl methyl sites for hydroxylation is 1. The highest BCUT2D eigenvalue weighted by Crippen LogP contribution is 2.40. The van der Waals surface area contributed by atoms with Gasteiger partial charge < -0.3 is 60.1 Å². The molecule has 0 spiro atoms. The van der Waals surface area contributed by atoms with E-state index in [-0.39, 0.29) is 101 Å². The van der Waals surface area contributed by atoms with Crippen molar-refractivity contribution in [3.05, 3.63) is 120 Å². The van der Waals surface area contributed by atoms with Crippen LogP contribution in [-0.4, -0.2) is 159 Å². The molecular weight excluding hydrogens is 1040 g/mol. The van der Waals surface area contributed by atoms with Crippen molar-refractivity contribution in [3.63, 3.8) is 0 Å². The Morgan fingerprint density at radius 1 is 0.675 bits per heavy atom. The summed E-state index contributed by atoms with van der Waals surface area (Å²) in [5, 5.41) is 58.2. The standard InChI is InChI=1S/C57H66N8O15/c66-47(21-26-76-28-30-78-31-29-77-27-25-65-54(72)41-33-42(41)55(65)73)58-22-20-49(68)60-44-32-37(18-19-46(44)79-57-52(71)50(69)51(70)53(80-57)56(74)75)34-63-23-11-14-39(35-63)45-36-64(62-61-45)24-10-3-1-2-7-17-48(67)59-43-16-9-8-15-40(43)38-12-5-4-6-13-38/h4-6,8-9,11-16,18-19,23,32,35-36,50-53,57,69-71H,1-3,7,10,17,20-22,24-31,33-34H2,(H3-,58,59,60,66,67,68,74,75)/p+1/t50-,51-,52+,53-,57+/m0/s1. The van der Waals surface area contributed by atoms with Crippen molar-refractivity contribution >= 4 is 46.9 Å². The molecule has 5 aromatic rings. The molecule has 8 rings (SSSR count). The molecule has 4 heterocycles. The maximum Gasteiger partial charge on any atom is 0.335 e. The number of carbonyl (C=O) groups is 6. The molecule has 424 valence electrons. The topological polar surface area (TPSA) is 303 Å². The number of aliphatic hydroxyl groups excluding tert-OH is 3. The fraction of sp³-hybridized carbons (Fsp3) is 0.421. The number of aliphatic hydroxyl groups is 3. The molecule has 23 heteroatoms. The molecule has 2 aromatic heterocycles. The number of carbonyl (C=O) groups excluding carboxylic acids is 5. The van der Waals surface area contributed by atoms with Gasteiger partial charge in [-0.05, 0) is 48.7 Å². The molecule has 1 saturated heterocycles. The Kier molecular flexibility index (Phi) is 21.1. The van der Waals surface area contributed by atoms with Gasteiger partial charge in [0.15, 0.2) is 25.0 Å². The van der Waals surface area contributed by atoms with Crippen LogP contribution in [0.5, 0.6) is 5.75 Å². The molecule has 3 aromatic carbocycles. The van der Waals surface area contributed by atoms with E-state index >= 15 is 0 Å². The first-order valence-corrected chi connectivity index (χ1v) is 26.8. The first-order valence-electron chi connectivity index (χ1n) is 26.8. The van der Waals surface area contributed by atoms with E-state index in [0.29, 0.717) is 48.3 Å². The summed E-state index contributed by atoms with van der Waals surface area (Å²) < 4.78 is 31.3. The summed E-state index contributed by atoms with van der Waals surface area (Å²) in [5.74, 6) is -2.99. The van der Waals surface area contributed by atoms with E-state index in [1.54, 1.807) is 16.8 Å². The second kappa shape index (κ2) is 28.9. The molecule has 23 nitrogen and oxygen atoms in total. The summed E-state index contributed by atoms with van der Waals surface area (Å²) in [5.41, 5.74) is 6.30. The highest BCUT2D eigenvalue weighted by Gasteiger charge is 2.49. The van der Waals surface area contributed by atoms with Crippen molar-refractivity contribution in [2.75, 3.05) is 63.4 Å². The summed E-state index contributed by atoms with van der Waals surface area (Å²) in [4.78, 5) is 75.6. The Labute approximate surface area is 461 Å². The molecule has 3 aliphatic rings. The fourth-order valence-electron chi connectivity index (χ4n) is 9.08. The van der Waals surface area contributed by atoms with Crippen LogP contribution < -0.4 is 25.3 Å². The highest BCUT2D eigenvalue weighted by atomic mass is 16.7. The number of nitrogens with one attached hydrogen (secondary N) is 3. The number of carboxylic acids is 1. The number of anilines is 2. The van der Waals surface area contributed by atoms with E-state index in [0.717, 1.165) is 54.5 Å². The minimum atomic E-state index is -1.94. The van der Waals surface area contributed by atoms with Gasteiger partial charge in [-0.25, -0.2) is 9.36 Å². The number of carboxylic acid groups (broad SMARTS) is 1. The number of aliphatic carboxylic acids is 1. The lowest BCUT2D eigenvalue weighted by atomic mass is 9.99. The Bertz CT molecular complexity index is 2970. The quantitative estimate of drug-likeness (QED) is 0.0185. The molecule has 7 N–H and O–H groups in total. The molecule has 5 amide bonds. The third-order valence-corrected chi connectivity index (χ3v) is 13.5. The van der Waals surface area contributed by atoms with E-state index in [4.69, 9.17) is 23.7 Å². The number of imide groups is 1. The maximum absolute atomic E-state index is 13.3. The van der Waals surface area contributed by atoms with E-state index in [9.17, 15) is 49.2 Å². The summed E-state index contributed by atoms with van der Waals surface area (Å²) in [6.07, 6.45) is 1.60. The van der Waals surface area contributed by atoms with Crippen LogP contribution in [0, 0.1) is 0 Å². The van der Waals surface area contributed by atoms with Gasteiger partial charge in [-0.1, -0.05) is 73.0 Å². The summed E-state index contributed by atoms with van der Waals surface area (Å²) in [6, 6.07) is 26.3. The van der Waals surface area contributed by atoms with Crippen LogP contribution in [0.2, 0.25) is 0 Å². The summed E-state index contributed by atoms with van der Waals surface area (Å²) in [7, 11) is 0. The SMILES string of the molecule is O=C(CCOCCOCCOCCN1C(=O)C2=C(C2)C1=O)NCCC(=O)Nc1cc(C[n+]2cccc(-c3cn(CCCCCCCC(=O)Nc4ccccc4-c4ccccc4)nn3)c2)ccc1O[C@@H]1O[C@H](C(=O)O)[C@@H](O)[C@H](O)[C@H]1O. The predicted molar refractivity (Wildman–Crippen MR) is 286 cm³/mol. The second-order valence-electron chi connectivity index (χ2n) is 19.4. The molecule has 1 aliphatic carbocycles. The number of hydrogen-bond donors (Lipinski definition) is 7. The average molecular weight is 1100 g/mol. The fourth-order valence-corrected chi connectivity index (χ4v) is 9.08. The van der Waals surface area contributed by atoms with Crippen LogP contribution >= 0.6 is 0 Å². The molecule has 2 aliphatic heterocycles. The van der Waals surface area contributed by atoms with Gasteiger partial charge in [0, 0.05) is 72.8 Å².